The van der Waals surface area contributed by atoms with Gasteiger partial charge in [-0.1, -0.05) is 19.1 Å². The molecule has 0 unspecified atom stereocenters. The third kappa shape index (κ3) is 3.07. The highest BCUT2D eigenvalue weighted by atomic mass is 32.2. The van der Waals surface area contributed by atoms with E-state index in [0.29, 0.717) is 29.4 Å². The van der Waals surface area contributed by atoms with Crippen molar-refractivity contribution in [2.24, 2.45) is 4.40 Å². The molecule has 0 atom stereocenters. The Balaban J connectivity index is 1.58. The van der Waals surface area contributed by atoms with Gasteiger partial charge in [-0.15, -0.1) is 4.40 Å². The van der Waals surface area contributed by atoms with Crippen LogP contribution >= 0.6 is 0 Å². The number of anilines is 1. The first kappa shape index (κ1) is 17.9. The number of benzene rings is 1. The van der Waals surface area contributed by atoms with Gasteiger partial charge in [0.05, 0.1) is 0 Å². The monoisotopic (exact) mass is 385 g/mol. The van der Waals surface area contributed by atoms with Crippen molar-refractivity contribution in [2.45, 2.75) is 32.1 Å². The molecule has 7 nitrogen and oxygen atoms in total. The van der Waals surface area contributed by atoms with Crippen molar-refractivity contribution in [1.29, 1.82) is 0 Å². The maximum absolute atomic E-state index is 12.3. The summed E-state index contributed by atoms with van der Waals surface area (Å²) in [5.74, 6) is 2.35. The van der Waals surface area contributed by atoms with Crippen LogP contribution in [-0.2, 0) is 16.4 Å². The maximum Gasteiger partial charge on any atom is 0.285 e. The highest BCUT2D eigenvalue weighted by molar-refractivity contribution is 7.90. The molecular weight excluding hydrogens is 362 g/mol. The Kier molecular flexibility index (Phi) is 4.38. The van der Waals surface area contributed by atoms with Gasteiger partial charge in [-0.25, -0.2) is 9.97 Å². The van der Waals surface area contributed by atoms with Gasteiger partial charge >= 0.3 is 0 Å². The van der Waals surface area contributed by atoms with Crippen molar-refractivity contribution in [3.05, 3.63) is 46.9 Å². The summed E-state index contributed by atoms with van der Waals surface area (Å²) in [5, 5.41) is 0. The summed E-state index contributed by atoms with van der Waals surface area (Å²) in [6.45, 7) is 9.01. The van der Waals surface area contributed by atoms with Crippen LogP contribution in [0.25, 0.3) is 0 Å². The van der Waals surface area contributed by atoms with Crippen LogP contribution in [0.3, 0.4) is 0 Å². The van der Waals surface area contributed by atoms with E-state index in [1.54, 1.807) is 12.1 Å². The molecule has 27 heavy (non-hydrogen) atoms. The molecule has 142 valence electrons. The van der Waals surface area contributed by atoms with Crippen molar-refractivity contribution in [2.75, 3.05) is 31.1 Å². The largest absolute Gasteiger partial charge is 0.353 e. The fourth-order valence-corrected chi connectivity index (χ4v) is 5.07. The predicted octanol–water partition coefficient (Wildman–Crippen LogP) is 1.93. The van der Waals surface area contributed by atoms with Gasteiger partial charge in [-0.3, -0.25) is 0 Å². The maximum atomic E-state index is 12.3. The van der Waals surface area contributed by atoms with E-state index in [1.807, 2.05) is 26.0 Å². The zero-order valence-electron chi connectivity index (χ0n) is 15.8. The lowest BCUT2D eigenvalue weighted by Crippen LogP contribution is -2.49. The molecule has 1 aromatic carbocycles. The average molecular weight is 385 g/mol. The van der Waals surface area contributed by atoms with Gasteiger partial charge in [0.2, 0.25) is 0 Å². The van der Waals surface area contributed by atoms with Gasteiger partial charge in [0.15, 0.2) is 5.84 Å². The first-order valence-electron chi connectivity index (χ1n) is 9.19. The smallest absolute Gasteiger partial charge is 0.285 e. The number of piperazine rings is 1. The van der Waals surface area contributed by atoms with Crippen LogP contribution in [0.1, 0.15) is 29.6 Å². The number of rotatable bonds is 2. The van der Waals surface area contributed by atoms with Gasteiger partial charge < -0.3 is 9.80 Å². The van der Waals surface area contributed by atoms with E-state index in [4.69, 9.17) is 0 Å². The number of amidine groups is 1. The van der Waals surface area contributed by atoms with E-state index < -0.39 is 10.0 Å². The standard InChI is InChI=1S/C19H23N5O2S/c1-4-15-13(2)20-14(3)21-18(15)23-9-11-24(12-10-23)19-16-7-5-6-8-17(16)27(25,26)22-19/h5-8H,4,9-12H2,1-3H3. The van der Waals surface area contributed by atoms with E-state index in [9.17, 15) is 8.42 Å². The SMILES string of the molecule is CCc1c(C)nc(C)nc1N1CCN(C2=NS(=O)(=O)c3ccccc32)CC1. The zero-order valence-corrected chi connectivity index (χ0v) is 16.6. The lowest BCUT2D eigenvalue weighted by Gasteiger charge is -2.37. The van der Waals surface area contributed by atoms with Crippen molar-refractivity contribution >= 4 is 21.7 Å². The molecule has 4 rings (SSSR count). The Morgan fingerprint density at radius 1 is 1.00 bits per heavy atom. The summed E-state index contributed by atoms with van der Waals surface area (Å²) >= 11 is 0. The normalized spacial score (nSPS) is 18.4. The molecule has 0 amide bonds. The summed E-state index contributed by atoms with van der Waals surface area (Å²) in [5.41, 5.74) is 2.91. The van der Waals surface area contributed by atoms with Crippen molar-refractivity contribution in [1.82, 2.24) is 14.9 Å². The molecule has 3 heterocycles. The summed E-state index contributed by atoms with van der Waals surface area (Å²) < 4.78 is 28.7. The lowest BCUT2D eigenvalue weighted by molar-refractivity contribution is 0.385. The number of sulfonamides is 1. The number of fused-ring (bicyclic) bond motifs is 1. The molecule has 0 N–H and O–H groups in total. The molecule has 0 aliphatic carbocycles. The Hall–Kier alpha value is -2.48. The van der Waals surface area contributed by atoms with Crippen LogP contribution in [0.2, 0.25) is 0 Å². The van der Waals surface area contributed by atoms with Crippen LogP contribution in [0.5, 0.6) is 0 Å². The number of aryl methyl sites for hydroxylation is 2. The number of aromatic nitrogens is 2. The van der Waals surface area contributed by atoms with Crippen LogP contribution in [0.4, 0.5) is 5.82 Å². The fraction of sp³-hybridized carbons (Fsp3) is 0.421. The molecule has 0 bridgehead atoms. The molecular formula is C19H23N5O2S. The van der Waals surface area contributed by atoms with Crippen molar-refractivity contribution < 1.29 is 8.42 Å². The van der Waals surface area contributed by atoms with Crippen LogP contribution in [-0.4, -0.2) is 55.3 Å². The highest BCUT2D eigenvalue weighted by Gasteiger charge is 2.33. The lowest BCUT2D eigenvalue weighted by atomic mass is 10.1. The molecule has 1 aromatic heterocycles. The molecule has 1 saturated heterocycles. The topological polar surface area (TPSA) is 78.8 Å². The number of hydrogen-bond donors (Lipinski definition) is 0. The Bertz CT molecular complexity index is 1020. The Morgan fingerprint density at radius 2 is 1.67 bits per heavy atom. The summed E-state index contributed by atoms with van der Waals surface area (Å²) in [4.78, 5) is 13.8. The van der Waals surface area contributed by atoms with Crippen LogP contribution < -0.4 is 4.90 Å². The average Bonchev–Trinajstić information content (AvgIpc) is 2.93. The number of nitrogens with zero attached hydrogens (tertiary/aromatic N) is 5. The van der Waals surface area contributed by atoms with Gasteiger partial charge in [-0.2, -0.15) is 8.42 Å². The molecule has 8 heteroatoms. The minimum Gasteiger partial charge on any atom is -0.353 e. The first-order valence-corrected chi connectivity index (χ1v) is 10.6. The fourth-order valence-electron chi connectivity index (χ4n) is 3.84. The molecule has 0 spiro atoms. The van der Waals surface area contributed by atoms with Crippen LogP contribution in [0.15, 0.2) is 33.6 Å². The van der Waals surface area contributed by atoms with E-state index in [1.165, 1.54) is 5.56 Å². The van der Waals surface area contributed by atoms with E-state index >= 15 is 0 Å². The second kappa shape index (κ2) is 6.60. The van der Waals surface area contributed by atoms with Crippen molar-refractivity contribution in [3.63, 3.8) is 0 Å². The molecule has 2 aliphatic heterocycles. The van der Waals surface area contributed by atoms with Gasteiger partial charge in [0.25, 0.3) is 10.0 Å². The Labute approximate surface area is 159 Å². The molecule has 2 aromatic rings. The van der Waals surface area contributed by atoms with Crippen molar-refractivity contribution in [3.8, 4) is 0 Å². The first-order chi connectivity index (χ1) is 12.9. The zero-order chi connectivity index (χ0) is 19.2. The quantitative estimate of drug-likeness (QED) is 0.786. The summed E-state index contributed by atoms with van der Waals surface area (Å²) in [7, 11) is -3.58. The molecule has 0 saturated carbocycles. The minimum absolute atomic E-state index is 0.303. The third-order valence-electron chi connectivity index (χ3n) is 5.15. The summed E-state index contributed by atoms with van der Waals surface area (Å²) in [6.07, 6.45) is 0.889. The number of hydrogen-bond acceptors (Lipinski definition) is 6. The second-order valence-electron chi connectivity index (χ2n) is 6.87. The Morgan fingerprint density at radius 3 is 2.37 bits per heavy atom. The molecule has 2 aliphatic rings. The minimum atomic E-state index is -3.58. The highest BCUT2D eigenvalue weighted by Crippen LogP contribution is 2.29. The molecule has 0 radical (unpaired) electrons. The van der Waals surface area contributed by atoms with E-state index in [-0.39, 0.29) is 0 Å². The van der Waals surface area contributed by atoms with Gasteiger partial charge in [0.1, 0.15) is 16.5 Å². The predicted molar refractivity (Wildman–Crippen MR) is 105 cm³/mol. The summed E-state index contributed by atoms with van der Waals surface area (Å²) in [6, 6.07) is 7.04. The van der Waals surface area contributed by atoms with E-state index in [2.05, 4.69) is 31.1 Å². The van der Waals surface area contributed by atoms with E-state index in [0.717, 1.165) is 36.8 Å². The molecule has 1 fully saturated rings. The second-order valence-corrected chi connectivity index (χ2v) is 8.44. The third-order valence-corrected chi connectivity index (χ3v) is 6.47. The van der Waals surface area contributed by atoms with Crippen LogP contribution in [0, 0.1) is 13.8 Å². The van der Waals surface area contributed by atoms with Gasteiger partial charge in [-0.05, 0) is 32.4 Å². The van der Waals surface area contributed by atoms with Gasteiger partial charge in [0, 0.05) is 43.0 Å².